The van der Waals surface area contributed by atoms with E-state index < -0.39 is 10.0 Å². The molecular weight excluding hydrogens is 448 g/mol. The Bertz CT molecular complexity index is 1270. The van der Waals surface area contributed by atoms with Gasteiger partial charge in [-0.15, -0.1) is 0 Å². The lowest BCUT2D eigenvalue weighted by atomic mass is 10.0. The Labute approximate surface area is 201 Å². The van der Waals surface area contributed by atoms with Gasteiger partial charge in [0.2, 0.25) is 0 Å². The molecule has 1 aliphatic heterocycles. The maximum Gasteiger partial charge on any atom is 0.264 e. The molecule has 7 heteroatoms. The summed E-state index contributed by atoms with van der Waals surface area (Å²) in [6.07, 6.45) is 2.67. The number of methoxy groups -OCH3 is 1. The topological polar surface area (TPSA) is 66.9 Å². The van der Waals surface area contributed by atoms with E-state index in [1.165, 1.54) is 30.1 Å². The molecule has 1 atom stereocenters. The van der Waals surface area contributed by atoms with Crippen molar-refractivity contribution in [3.63, 3.8) is 0 Å². The Morgan fingerprint density at radius 1 is 1.06 bits per heavy atom. The van der Waals surface area contributed by atoms with Crippen molar-refractivity contribution < 1.29 is 17.9 Å². The maximum atomic E-state index is 13.6. The Morgan fingerprint density at radius 2 is 1.76 bits per heavy atom. The molecule has 0 spiro atoms. The third-order valence-electron chi connectivity index (χ3n) is 6.47. The van der Waals surface area contributed by atoms with Gasteiger partial charge in [-0.05, 0) is 61.6 Å². The second-order valence-corrected chi connectivity index (χ2v) is 10.6. The molecule has 6 nitrogen and oxygen atoms in total. The highest BCUT2D eigenvalue weighted by Gasteiger charge is 2.31. The fraction of sp³-hybridized carbons (Fsp3) is 0.296. The van der Waals surface area contributed by atoms with Crippen molar-refractivity contribution in [3.05, 3.63) is 89.5 Å². The summed E-state index contributed by atoms with van der Waals surface area (Å²) in [5, 5.41) is 0. The van der Waals surface area contributed by atoms with Crippen LogP contribution in [0.5, 0.6) is 5.75 Å². The largest absolute Gasteiger partial charge is 0.495 e. The quantitative estimate of drug-likeness (QED) is 0.495. The number of para-hydroxylation sites is 2. The predicted octanol–water partition coefficient (Wildman–Crippen LogP) is 4.68. The molecule has 1 fully saturated rings. The number of nitrogens with zero attached hydrogens (tertiary/aromatic N) is 2. The Balaban J connectivity index is 1.63. The van der Waals surface area contributed by atoms with Crippen LogP contribution in [0.15, 0.2) is 77.7 Å². The molecule has 0 N–H and O–H groups in total. The second-order valence-electron chi connectivity index (χ2n) is 8.61. The molecular formula is C27H30N2O4S. The van der Waals surface area contributed by atoms with Crippen LogP contribution in [0.4, 0.5) is 5.69 Å². The lowest BCUT2D eigenvalue weighted by molar-refractivity contribution is 0.0735. The molecule has 0 saturated carbocycles. The first-order chi connectivity index (χ1) is 16.3. The number of carbonyl (C=O) groups excluding carboxylic acids is 1. The van der Waals surface area contributed by atoms with Gasteiger partial charge >= 0.3 is 0 Å². The molecule has 0 radical (unpaired) electrons. The van der Waals surface area contributed by atoms with Gasteiger partial charge < -0.3 is 9.64 Å². The number of hydrogen-bond donors (Lipinski definition) is 0. The number of benzene rings is 3. The zero-order valence-corrected chi connectivity index (χ0v) is 20.6. The van der Waals surface area contributed by atoms with Gasteiger partial charge in [-0.25, -0.2) is 8.42 Å². The van der Waals surface area contributed by atoms with Crippen LogP contribution in [0.3, 0.4) is 0 Å². The smallest absolute Gasteiger partial charge is 0.264 e. The monoisotopic (exact) mass is 478 g/mol. The molecule has 1 unspecified atom stereocenters. The van der Waals surface area contributed by atoms with Gasteiger partial charge in [-0.3, -0.25) is 9.10 Å². The summed E-state index contributed by atoms with van der Waals surface area (Å²) in [4.78, 5) is 15.6. The fourth-order valence-electron chi connectivity index (χ4n) is 4.53. The molecule has 0 aliphatic carbocycles. The molecule has 3 aromatic rings. The second kappa shape index (κ2) is 9.89. The van der Waals surface area contributed by atoms with Gasteiger partial charge in [0.25, 0.3) is 15.9 Å². The highest BCUT2D eigenvalue weighted by molar-refractivity contribution is 7.92. The van der Waals surface area contributed by atoms with E-state index in [-0.39, 0.29) is 16.8 Å². The molecule has 34 heavy (non-hydrogen) atoms. The van der Waals surface area contributed by atoms with Crippen molar-refractivity contribution in [2.24, 2.45) is 0 Å². The van der Waals surface area contributed by atoms with Crippen LogP contribution >= 0.6 is 0 Å². The molecule has 3 aromatic carbocycles. The SMILES string of the molecule is COc1ccccc1N(C)S(=O)(=O)c1ccc(C)c(C(=O)N2CCCC2Cc2ccccc2)c1. The lowest BCUT2D eigenvalue weighted by Crippen LogP contribution is -2.37. The zero-order chi connectivity index (χ0) is 24.3. The van der Waals surface area contributed by atoms with Crippen LogP contribution in [-0.2, 0) is 16.4 Å². The number of sulfonamides is 1. The lowest BCUT2D eigenvalue weighted by Gasteiger charge is -2.26. The van der Waals surface area contributed by atoms with E-state index in [1.807, 2.05) is 30.0 Å². The molecule has 1 saturated heterocycles. The van der Waals surface area contributed by atoms with Gasteiger partial charge in [0, 0.05) is 25.2 Å². The highest BCUT2D eigenvalue weighted by atomic mass is 32.2. The molecule has 1 heterocycles. The summed E-state index contributed by atoms with van der Waals surface area (Å²) in [7, 11) is -0.906. The van der Waals surface area contributed by atoms with Gasteiger partial charge in [0.15, 0.2) is 0 Å². The fourth-order valence-corrected chi connectivity index (χ4v) is 5.76. The van der Waals surface area contributed by atoms with Crippen LogP contribution in [0.1, 0.15) is 34.3 Å². The van der Waals surface area contributed by atoms with Crippen molar-refractivity contribution >= 4 is 21.6 Å². The van der Waals surface area contributed by atoms with Crippen molar-refractivity contribution in [3.8, 4) is 5.75 Å². The minimum absolute atomic E-state index is 0.0775. The first-order valence-electron chi connectivity index (χ1n) is 11.4. The molecule has 178 valence electrons. The number of hydrogen-bond acceptors (Lipinski definition) is 4. The summed E-state index contributed by atoms with van der Waals surface area (Å²) in [6, 6.07) is 22.0. The molecule has 1 aliphatic rings. The number of aryl methyl sites for hydroxylation is 1. The standard InChI is InChI=1S/C27H30N2O4S/c1-20-15-16-23(34(31,32)28(2)25-13-7-8-14-26(25)33-3)19-24(20)27(30)29-17-9-12-22(29)18-21-10-5-4-6-11-21/h4-8,10-11,13-16,19,22H,9,12,17-18H2,1-3H3. The van der Waals surface area contributed by atoms with Crippen molar-refractivity contribution in [2.75, 3.05) is 25.0 Å². The van der Waals surface area contributed by atoms with E-state index in [2.05, 4.69) is 12.1 Å². The third kappa shape index (κ3) is 4.66. The number of ether oxygens (including phenoxy) is 1. The summed E-state index contributed by atoms with van der Waals surface area (Å²) in [5.74, 6) is 0.339. The Morgan fingerprint density at radius 3 is 2.50 bits per heavy atom. The summed E-state index contributed by atoms with van der Waals surface area (Å²) in [6.45, 7) is 2.52. The van der Waals surface area contributed by atoms with Crippen LogP contribution < -0.4 is 9.04 Å². The zero-order valence-electron chi connectivity index (χ0n) is 19.8. The molecule has 1 amide bonds. The van der Waals surface area contributed by atoms with Crippen molar-refractivity contribution in [2.45, 2.75) is 37.1 Å². The summed E-state index contributed by atoms with van der Waals surface area (Å²) in [5.41, 5.74) is 2.81. The minimum Gasteiger partial charge on any atom is -0.495 e. The van der Waals surface area contributed by atoms with Crippen LogP contribution in [0.25, 0.3) is 0 Å². The number of carbonyl (C=O) groups is 1. The van der Waals surface area contributed by atoms with E-state index in [1.54, 1.807) is 36.4 Å². The normalized spacial score (nSPS) is 15.9. The van der Waals surface area contributed by atoms with E-state index in [9.17, 15) is 13.2 Å². The number of amides is 1. The Hall–Kier alpha value is -3.32. The van der Waals surface area contributed by atoms with Crippen molar-refractivity contribution in [1.82, 2.24) is 4.90 Å². The average molecular weight is 479 g/mol. The van der Waals surface area contributed by atoms with E-state index in [0.29, 0.717) is 23.5 Å². The minimum atomic E-state index is -3.90. The van der Waals surface area contributed by atoms with Gasteiger partial charge in [0.05, 0.1) is 17.7 Å². The third-order valence-corrected chi connectivity index (χ3v) is 8.24. The molecule has 0 bridgehead atoms. The highest BCUT2D eigenvalue weighted by Crippen LogP contribution is 2.32. The van der Waals surface area contributed by atoms with E-state index in [4.69, 9.17) is 4.74 Å². The number of likely N-dealkylation sites (tertiary alicyclic amines) is 1. The maximum absolute atomic E-state index is 13.6. The summed E-state index contributed by atoms with van der Waals surface area (Å²) >= 11 is 0. The van der Waals surface area contributed by atoms with Crippen molar-refractivity contribution in [1.29, 1.82) is 0 Å². The first-order valence-corrected chi connectivity index (χ1v) is 12.8. The van der Waals surface area contributed by atoms with Gasteiger partial charge in [0.1, 0.15) is 5.75 Å². The van der Waals surface area contributed by atoms with Gasteiger partial charge in [-0.1, -0.05) is 48.5 Å². The van der Waals surface area contributed by atoms with Crippen LogP contribution in [0, 0.1) is 6.92 Å². The predicted molar refractivity (Wildman–Crippen MR) is 134 cm³/mol. The average Bonchev–Trinajstić information content (AvgIpc) is 3.32. The van der Waals surface area contributed by atoms with E-state index in [0.717, 1.165) is 24.8 Å². The summed E-state index contributed by atoms with van der Waals surface area (Å²) < 4.78 is 33.5. The van der Waals surface area contributed by atoms with Crippen LogP contribution in [-0.4, -0.2) is 46.0 Å². The molecule has 0 aromatic heterocycles. The van der Waals surface area contributed by atoms with Crippen LogP contribution in [0.2, 0.25) is 0 Å². The van der Waals surface area contributed by atoms with Gasteiger partial charge in [-0.2, -0.15) is 0 Å². The number of anilines is 1. The first kappa shape index (κ1) is 23.8. The Kier molecular flexibility index (Phi) is 6.93. The molecule has 4 rings (SSSR count). The number of rotatable bonds is 7. The van der Waals surface area contributed by atoms with E-state index >= 15 is 0 Å².